The van der Waals surface area contributed by atoms with Crippen molar-refractivity contribution in [3.8, 4) is 0 Å². The number of hydrogen-bond donors (Lipinski definition) is 4. The van der Waals surface area contributed by atoms with Crippen LogP contribution in [0.3, 0.4) is 0 Å². The Bertz CT molecular complexity index is 624. The van der Waals surface area contributed by atoms with Gasteiger partial charge in [-0.15, -0.1) is 0 Å². The molecule has 0 aromatic carbocycles. The Hall–Kier alpha value is -1.20. The maximum atomic E-state index is 9.93. The summed E-state index contributed by atoms with van der Waals surface area (Å²) in [4.78, 5) is 0. The van der Waals surface area contributed by atoms with E-state index in [-0.39, 0.29) is 0 Å². The lowest BCUT2D eigenvalue weighted by Gasteiger charge is -2.24. The molecule has 0 bridgehead atoms. The molecule has 0 aliphatic heterocycles. The highest BCUT2D eigenvalue weighted by atomic mass is 16.3. The SMILES string of the molecule is C/C(=C\CC/C=C(\C)CC/C=C(\C)CC[C@H](O)C(C)(C)O)CC/C=C(\C)CC[C@@H](O)C(C)(C)O. The summed E-state index contributed by atoms with van der Waals surface area (Å²) in [5.74, 6) is 0. The van der Waals surface area contributed by atoms with Gasteiger partial charge in [-0.2, -0.15) is 0 Å². The van der Waals surface area contributed by atoms with Crippen LogP contribution in [0.2, 0.25) is 0 Å². The fourth-order valence-corrected chi connectivity index (χ4v) is 3.60. The molecule has 198 valence electrons. The van der Waals surface area contributed by atoms with E-state index in [0.29, 0.717) is 12.8 Å². The zero-order valence-corrected chi connectivity index (χ0v) is 23.3. The first-order valence-corrected chi connectivity index (χ1v) is 13.1. The molecule has 0 unspecified atom stereocenters. The van der Waals surface area contributed by atoms with Gasteiger partial charge in [0.05, 0.1) is 23.4 Å². The summed E-state index contributed by atoms with van der Waals surface area (Å²) >= 11 is 0. The van der Waals surface area contributed by atoms with E-state index in [2.05, 4.69) is 52.0 Å². The van der Waals surface area contributed by atoms with Crippen LogP contribution in [-0.2, 0) is 0 Å². The van der Waals surface area contributed by atoms with Crippen molar-refractivity contribution in [2.45, 2.75) is 143 Å². The van der Waals surface area contributed by atoms with Crippen LogP contribution in [0, 0.1) is 0 Å². The smallest absolute Gasteiger partial charge is 0.0849 e. The average molecular weight is 479 g/mol. The highest BCUT2D eigenvalue weighted by molar-refractivity contribution is 5.07. The van der Waals surface area contributed by atoms with Crippen molar-refractivity contribution in [1.29, 1.82) is 0 Å². The molecule has 0 radical (unpaired) electrons. The third-order valence-corrected chi connectivity index (χ3v) is 6.47. The van der Waals surface area contributed by atoms with Crippen LogP contribution < -0.4 is 0 Å². The first-order chi connectivity index (χ1) is 15.6. The van der Waals surface area contributed by atoms with Gasteiger partial charge in [0.15, 0.2) is 0 Å². The van der Waals surface area contributed by atoms with Gasteiger partial charge in [-0.25, -0.2) is 0 Å². The Morgan fingerprint density at radius 2 is 0.794 bits per heavy atom. The van der Waals surface area contributed by atoms with Crippen molar-refractivity contribution < 1.29 is 20.4 Å². The van der Waals surface area contributed by atoms with Crippen molar-refractivity contribution in [2.75, 3.05) is 0 Å². The number of hydrogen-bond acceptors (Lipinski definition) is 4. The molecule has 0 rings (SSSR count). The van der Waals surface area contributed by atoms with Gasteiger partial charge in [-0.05, 0) is 120 Å². The van der Waals surface area contributed by atoms with E-state index in [1.807, 2.05) is 0 Å². The quantitative estimate of drug-likeness (QED) is 0.135. The monoisotopic (exact) mass is 478 g/mol. The molecule has 0 aliphatic carbocycles. The zero-order valence-electron chi connectivity index (χ0n) is 23.3. The van der Waals surface area contributed by atoms with Crippen LogP contribution in [0.1, 0.15) is 120 Å². The number of aliphatic hydroxyl groups excluding tert-OH is 2. The van der Waals surface area contributed by atoms with E-state index in [9.17, 15) is 20.4 Å². The number of unbranched alkanes of at least 4 members (excludes halogenated alkanes) is 1. The first kappa shape index (κ1) is 32.8. The summed E-state index contributed by atoms with van der Waals surface area (Å²) in [7, 11) is 0. The predicted octanol–water partition coefficient (Wildman–Crippen LogP) is 6.94. The van der Waals surface area contributed by atoms with Crippen molar-refractivity contribution in [1.82, 2.24) is 0 Å². The Labute approximate surface area is 210 Å². The minimum absolute atomic E-state index is 0.590. The summed E-state index contributed by atoms with van der Waals surface area (Å²) in [5.41, 5.74) is 3.30. The van der Waals surface area contributed by atoms with Gasteiger partial charge in [0.2, 0.25) is 0 Å². The molecule has 0 spiro atoms. The summed E-state index contributed by atoms with van der Waals surface area (Å²) in [6.45, 7) is 15.2. The maximum absolute atomic E-state index is 9.93. The van der Waals surface area contributed by atoms with Crippen LogP contribution >= 0.6 is 0 Å². The van der Waals surface area contributed by atoms with Crippen molar-refractivity contribution >= 4 is 0 Å². The fraction of sp³-hybridized carbons (Fsp3) is 0.733. The molecular formula is C30H54O4. The van der Waals surface area contributed by atoms with E-state index in [1.54, 1.807) is 27.7 Å². The summed E-state index contributed by atoms with van der Waals surface area (Å²) in [6, 6.07) is 0. The second kappa shape index (κ2) is 16.5. The normalized spacial score (nSPS) is 16.7. The van der Waals surface area contributed by atoms with Gasteiger partial charge in [0.1, 0.15) is 0 Å². The Kier molecular flexibility index (Phi) is 15.9. The van der Waals surface area contributed by atoms with Crippen molar-refractivity contribution in [3.05, 3.63) is 46.6 Å². The topological polar surface area (TPSA) is 80.9 Å². The van der Waals surface area contributed by atoms with Gasteiger partial charge in [-0.1, -0.05) is 46.6 Å². The number of rotatable bonds is 17. The van der Waals surface area contributed by atoms with Gasteiger partial charge >= 0.3 is 0 Å². The minimum atomic E-state index is -1.04. The molecular weight excluding hydrogens is 424 g/mol. The van der Waals surface area contributed by atoms with Crippen molar-refractivity contribution in [3.63, 3.8) is 0 Å². The Balaban J connectivity index is 4.16. The van der Waals surface area contributed by atoms with Gasteiger partial charge < -0.3 is 20.4 Å². The van der Waals surface area contributed by atoms with Crippen LogP contribution in [0.15, 0.2) is 46.6 Å². The molecule has 0 saturated carbocycles. The summed E-state index contributed by atoms with van der Waals surface area (Å²) < 4.78 is 0. The zero-order chi connectivity index (χ0) is 26.4. The van der Waals surface area contributed by atoms with E-state index < -0.39 is 23.4 Å². The molecule has 4 heteroatoms. The molecule has 4 nitrogen and oxygen atoms in total. The van der Waals surface area contributed by atoms with Crippen LogP contribution in [0.4, 0.5) is 0 Å². The largest absolute Gasteiger partial charge is 0.390 e. The van der Waals surface area contributed by atoms with Crippen LogP contribution in [-0.4, -0.2) is 43.8 Å². The predicted molar refractivity (Wildman–Crippen MR) is 146 cm³/mol. The molecule has 0 aromatic heterocycles. The molecule has 0 aromatic rings. The molecule has 4 N–H and O–H groups in total. The molecule has 0 fully saturated rings. The minimum Gasteiger partial charge on any atom is -0.390 e. The molecule has 34 heavy (non-hydrogen) atoms. The number of aliphatic hydroxyl groups is 4. The third-order valence-electron chi connectivity index (χ3n) is 6.47. The standard InChI is InChI=1S/C30H54O4/c1-23(15-11-17-25(3)19-21-27(31)29(5,6)33)13-9-10-14-24(2)16-12-18-26(4)20-22-28(32)30(7,8)34/h13-14,17-18,27-28,31-34H,9-12,15-16,19-22H2,1-8H3/b23-13+,24-14+,25-17+,26-18+/t27-,28+. The van der Waals surface area contributed by atoms with E-state index >= 15 is 0 Å². The molecule has 0 aliphatic rings. The second-order valence-corrected chi connectivity index (χ2v) is 11.3. The first-order valence-electron chi connectivity index (χ1n) is 13.1. The molecule has 0 heterocycles. The highest BCUT2D eigenvalue weighted by Gasteiger charge is 2.24. The molecule has 2 atom stereocenters. The van der Waals surface area contributed by atoms with Crippen molar-refractivity contribution in [2.24, 2.45) is 0 Å². The van der Waals surface area contributed by atoms with Gasteiger partial charge in [0.25, 0.3) is 0 Å². The van der Waals surface area contributed by atoms with Crippen LogP contribution in [0.25, 0.3) is 0 Å². The van der Waals surface area contributed by atoms with E-state index in [1.165, 1.54) is 22.3 Å². The Morgan fingerprint density at radius 3 is 1.09 bits per heavy atom. The van der Waals surface area contributed by atoms with Crippen LogP contribution in [0.5, 0.6) is 0 Å². The maximum Gasteiger partial charge on any atom is 0.0849 e. The van der Waals surface area contributed by atoms with Gasteiger partial charge in [-0.3, -0.25) is 0 Å². The highest BCUT2D eigenvalue weighted by Crippen LogP contribution is 2.19. The third kappa shape index (κ3) is 17.3. The second-order valence-electron chi connectivity index (χ2n) is 11.3. The van der Waals surface area contributed by atoms with E-state index in [0.717, 1.165) is 51.4 Å². The lowest BCUT2D eigenvalue weighted by atomic mass is 9.95. The fourth-order valence-electron chi connectivity index (χ4n) is 3.60. The number of allylic oxidation sites excluding steroid dienone is 8. The van der Waals surface area contributed by atoms with Gasteiger partial charge in [0, 0.05) is 0 Å². The Morgan fingerprint density at radius 1 is 0.529 bits per heavy atom. The lowest BCUT2D eigenvalue weighted by molar-refractivity contribution is -0.0510. The lowest BCUT2D eigenvalue weighted by Crippen LogP contribution is -2.35. The summed E-state index contributed by atoms with van der Waals surface area (Å²) in [6.07, 6.45) is 16.9. The molecule has 0 saturated heterocycles. The summed E-state index contributed by atoms with van der Waals surface area (Å²) in [5, 5.41) is 39.5. The average Bonchev–Trinajstić information content (AvgIpc) is 2.71. The van der Waals surface area contributed by atoms with E-state index in [4.69, 9.17) is 0 Å². The molecule has 0 amide bonds.